The second-order valence-corrected chi connectivity index (χ2v) is 7.72. The zero-order valence-corrected chi connectivity index (χ0v) is 17.3. The first kappa shape index (κ1) is 19.5. The van der Waals surface area contributed by atoms with E-state index in [1.54, 1.807) is 16.7 Å². The van der Waals surface area contributed by atoms with Gasteiger partial charge in [-0.2, -0.15) is 5.26 Å². The molecule has 0 saturated carbocycles. The van der Waals surface area contributed by atoms with Gasteiger partial charge in [0.25, 0.3) is 5.56 Å². The van der Waals surface area contributed by atoms with Gasteiger partial charge in [-0.1, -0.05) is 72.8 Å². The molecule has 0 fully saturated rings. The van der Waals surface area contributed by atoms with Gasteiger partial charge in [0.2, 0.25) is 0 Å². The van der Waals surface area contributed by atoms with E-state index in [1.165, 1.54) is 0 Å². The number of nitrogens with zero attached hydrogens (tertiary/aromatic N) is 3. The molecule has 5 rings (SSSR count). The van der Waals surface area contributed by atoms with Crippen LogP contribution in [0.2, 0.25) is 0 Å². The monoisotopic (exact) mass is 416 g/mol. The molecule has 3 aromatic carbocycles. The lowest BCUT2D eigenvalue weighted by atomic mass is 10.1. The van der Waals surface area contributed by atoms with Gasteiger partial charge in [0, 0.05) is 19.0 Å². The minimum Gasteiger partial charge on any atom is -0.354 e. The number of rotatable bonds is 5. The fraction of sp³-hybridized carbons (Fsp3) is 0.0741. The molecule has 3 aromatic rings. The summed E-state index contributed by atoms with van der Waals surface area (Å²) in [7, 11) is 0. The van der Waals surface area contributed by atoms with E-state index in [9.17, 15) is 10.1 Å². The lowest BCUT2D eigenvalue weighted by molar-refractivity contribution is 0.914. The van der Waals surface area contributed by atoms with Crippen molar-refractivity contribution in [2.75, 3.05) is 0 Å². The number of aromatic nitrogens is 3. The summed E-state index contributed by atoms with van der Waals surface area (Å²) in [6.45, 7) is 0. The van der Waals surface area contributed by atoms with Crippen LogP contribution in [0.25, 0.3) is 17.1 Å². The highest BCUT2D eigenvalue weighted by atomic mass is 16.1. The number of nitrogens with one attached hydrogen (secondary N) is 1. The molecule has 154 valence electrons. The summed E-state index contributed by atoms with van der Waals surface area (Å²) in [5.41, 5.74) is 5.67. The van der Waals surface area contributed by atoms with E-state index < -0.39 is 0 Å². The molecule has 0 spiro atoms. The van der Waals surface area contributed by atoms with Gasteiger partial charge < -0.3 is 4.98 Å². The predicted molar refractivity (Wildman–Crippen MR) is 124 cm³/mol. The van der Waals surface area contributed by atoms with Crippen LogP contribution >= 0.6 is 0 Å². The van der Waals surface area contributed by atoms with E-state index in [-0.39, 0.29) is 5.56 Å². The number of nitriles is 1. The highest BCUT2D eigenvalue weighted by Gasteiger charge is 2.20. The average molecular weight is 416 g/mol. The Bertz CT molecular complexity index is 1440. The molecule has 2 heterocycles. The van der Waals surface area contributed by atoms with Crippen LogP contribution in [-0.4, -0.2) is 14.5 Å². The van der Waals surface area contributed by atoms with Gasteiger partial charge >= 0.3 is 0 Å². The first-order valence-electron chi connectivity index (χ1n) is 10.4. The summed E-state index contributed by atoms with van der Waals surface area (Å²) in [5.74, 6) is 0.630. The number of hydrogen-bond acceptors (Lipinski definition) is 3. The third-order valence-corrected chi connectivity index (χ3v) is 5.48. The molecule has 0 radical (unpaired) electrons. The fourth-order valence-corrected chi connectivity index (χ4v) is 3.92. The molecule has 2 aliphatic heterocycles. The molecule has 5 heteroatoms. The zero-order chi connectivity index (χ0) is 21.9. The van der Waals surface area contributed by atoms with Crippen molar-refractivity contribution in [1.82, 2.24) is 14.5 Å². The quantitative estimate of drug-likeness (QED) is 0.451. The molecule has 32 heavy (non-hydrogen) atoms. The SMILES string of the molecule is N#Cc1cccc(Cc2nc3c(Cc4ccccc4)[nH]c(-c4ccccc4)cn-3c2=O)c1. The topological polar surface area (TPSA) is 74.5 Å². The summed E-state index contributed by atoms with van der Waals surface area (Å²) in [5, 5.41) is 9.18. The molecular formula is C27H20N4O. The van der Waals surface area contributed by atoms with Crippen molar-refractivity contribution in [3.63, 3.8) is 0 Å². The highest BCUT2D eigenvalue weighted by Crippen LogP contribution is 2.23. The van der Waals surface area contributed by atoms with Crippen LogP contribution in [0, 0.1) is 11.3 Å². The van der Waals surface area contributed by atoms with Crippen molar-refractivity contribution in [3.05, 3.63) is 130 Å². The van der Waals surface area contributed by atoms with Crippen molar-refractivity contribution < 1.29 is 0 Å². The molecule has 0 unspecified atom stereocenters. The number of H-pyrrole nitrogens is 1. The van der Waals surface area contributed by atoms with E-state index in [2.05, 4.69) is 23.2 Å². The van der Waals surface area contributed by atoms with Crippen molar-refractivity contribution in [3.8, 4) is 23.1 Å². The van der Waals surface area contributed by atoms with Gasteiger partial charge in [0.1, 0.15) is 5.69 Å². The number of benzene rings is 3. The third kappa shape index (κ3) is 3.82. The Morgan fingerprint density at radius 3 is 2.34 bits per heavy atom. The summed E-state index contributed by atoms with van der Waals surface area (Å²) in [6, 6.07) is 29.5. The smallest absolute Gasteiger partial charge is 0.278 e. The van der Waals surface area contributed by atoms with Gasteiger partial charge in [0.15, 0.2) is 5.82 Å². The Kier molecular flexibility index (Phi) is 5.11. The van der Waals surface area contributed by atoms with Crippen LogP contribution in [-0.2, 0) is 12.8 Å². The van der Waals surface area contributed by atoms with Crippen molar-refractivity contribution in [1.29, 1.82) is 5.26 Å². The van der Waals surface area contributed by atoms with E-state index in [0.717, 1.165) is 28.1 Å². The molecule has 5 nitrogen and oxygen atoms in total. The summed E-state index contributed by atoms with van der Waals surface area (Å²) >= 11 is 0. The molecule has 2 aliphatic rings. The molecule has 1 N–H and O–H groups in total. The maximum absolute atomic E-state index is 13.3. The first-order chi connectivity index (χ1) is 15.7. The van der Waals surface area contributed by atoms with E-state index in [0.29, 0.717) is 29.9 Å². The summed E-state index contributed by atoms with van der Waals surface area (Å²) in [4.78, 5) is 21.5. The Hall–Kier alpha value is -4.43. The maximum Gasteiger partial charge on any atom is 0.278 e. The van der Waals surface area contributed by atoms with Gasteiger partial charge in [-0.3, -0.25) is 9.36 Å². The number of imidazole rings is 1. The lowest BCUT2D eigenvalue weighted by Gasteiger charge is -2.13. The molecule has 0 amide bonds. The molecule has 0 bridgehead atoms. The van der Waals surface area contributed by atoms with Crippen LogP contribution in [0.1, 0.15) is 28.1 Å². The largest absolute Gasteiger partial charge is 0.354 e. The summed E-state index contributed by atoms with van der Waals surface area (Å²) in [6.07, 6.45) is 2.83. The Morgan fingerprint density at radius 2 is 1.59 bits per heavy atom. The van der Waals surface area contributed by atoms with E-state index >= 15 is 0 Å². The van der Waals surface area contributed by atoms with Crippen molar-refractivity contribution >= 4 is 0 Å². The molecule has 0 aromatic heterocycles. The Morgan fingerprint density at radius 1 is 0.875 bits per heavy atom. The Balaban J connectivity index is 1.64. The van der Waals surface area contributed by atoms with E-state index in [1.807, 2.05) is 66.9 Å². The zero-order valence-electron chi connectivity index (χ0n) is 17.3. The lowest BCUT2D eigenvalue weighted by Crippen LogP contribution is -2.17. The van der Waals surface area contributed by atoms with Crippen LogP contribution in [0.4, 0.5) is 0 Å². The Labute approximate surface area is 185 Å². The van der Waals surface area contributed by atoms with E-state index in [4.69, 9.17) is 4.98 Å². The van der Waals surface area contributed by atoms with Crippen LogP contribution < -0.4 is 5.56 Å². The molecule has 0 atom stereocenters. The van der Waals surface area contributed by atoms with Crippen molar-refractivity contribution in [2.45, 2.75) is 12.8 Å². The predicted octanol–water partition coefficient (Wildman–Crippen LogP) is 4.72. The minimum atomic E-state index is -0.136. The average Bonchev–Trinajstić information content (AvgIpc) is 3.16. The molecule has 0 saturated heterocycles. The second-order valence-electron chi connectivity index (χ2n) is 7.72. The van der Waals surface area contributed by atoms with Gasteiger partial charge in [-0.25, -0.2) is 4.98 Å². The number of aromatic amines is 1. The van der Waals surface area contributed by atoms with Crippen molar-refractivity contribution in [2.24, 2.45) is 0 Å². The molecular weight excluding hydrogens is 396 g/mol. The first-order valence-corrected chi connectivity index (χ1v) is 10.4. The third-order valence-electron chi connectivity index (χ3n) is 5.48. The van der Waals surface area contributed by atoms with Gasteiger partial charge in [-0.15, -0.1) is 0 Å². The van der Waals surface area contributed by atoms with Gasteiger partial charge in [-0.05, 0) is 28.8 Å². The molecule has 0 aliphatic carbocycles. The van der Waals surface area contributed by atoms with Crippen LogP contribution in [0.3, 0.4) is 0 Å². The second kappa shape index (κ2) is 8.37. The summed E-state index contributed by atoms with van der Waals surface area (Å²) < 4.78 is 1.64. The standard InChI is InChI=1S/C27H20N4O/c28-17-21-11-7-10-20(14-21)16-24-27(32)31-18-25(22-12-5-2-6-13-22)29-23(26(31)30-24)15-19-8-3-1-4-9-19/h1-14,18,29H,15-16H2. The highest BCUT2D eigenvalue weighted by molar-refractivity contribution is 5.60. The van der Waals surface area contributed by atoms with Crippen LogP contribution in [0.15, 0.2) is 95.9 Å². The normalized spacial score (nSPS) is 10.8. The number of hydrogen-bond donors (Lipinski definition) is 1. The van der Waals surface area contributed by atoms with Gasteiger partial charge in [0.05, 0.1) is 23.0 Å². The van der Waals surface area contributed by atoms with Crippen LogP contribution in [0.5, 0.6) is 0 Å². The maximum atomic E-state index is 13.3. The number of fused-ring (bicyclic) bond motifs is 1. The minimum absolute atomic E-state index is 0.136. The fourth-order valence-electron chi connectivity index (χ4n) is 3.92.